The zero-order valence-electron chi connectivity index (χ0n) is 14.8. The highest BCUT2D eigenvalue weighted by Gasteiger charge is 2.15. The molecule has 3 aromatic heterocycles. The fourth-order valence-electron chi connectivity index (χ4n) is 3.16. The van der Waals surface area contributed by atoms with Crippen LogP contribution in [0.4, 0.5) is 4.39 Å². The Labute approximate surface area is 156 Å². The molecule has 0 bridgehead atoms. The van der Waals surface area contributed by atoms with E-state index in [-0.39, 0.29) is 12.2 Å². The van der Waals surface area contributed by atoms with Crippen LogP contribution in [0, 0.1) is 5.82 Å². The lowest BCUT2D eigenvalue weighted by molar-refractivity contribution is -0.120. The second-order valence-electron chi connectivity index (χ2n) is 6.59. The van der Waals surface area contributed by atoms with E-state index in [1.165, 1.54) is 6.07 Å². The zero-order valence-corrected chi connectivity index (χ0v) is 14.8. The van der Waals surface area contributed by atoms with Crippen molar-refractivity contribution in [2.75, 3.05) is 32.8 Å². The normalized spacial score (nSPS) is 15.1. The van der Waals surface area contributed by atoms with Gasteiger partial charge in [-0.2, -0.15) is 0 Å². The van der Waals surface area contributed by atoms with Crippen LogP contribution in [0.5, 0.6) is 0 Å². The number of pyridine rings is 3. The molecule has 4 heterocycles. The smallest absolute Gasteiger partial charge is 0.152 e. The summed E-state index contributed by atoms with van der Waals surface area (Å²) in [6.07, 6.45) is 6.43. The standard InChI is InChI=1S/C20H19FN4O2/c21-17-5-15(9-22-12-17)20-7-14-6-18(23-10-16(14)11-24-20)8-19(26)13-25-1-3-27-4-2-25/h5-7,9-12H,1-4,8,13H2. The quantitative estimate of drug-likeness (QED) is 0.690. The Morgan fingerprint density at radius 2 is 1.85 bits per heavy atom. The molecule has 0 N–H and O–H groups in total. The summed E-state index contributed by atoms with van der Waals surface area (Å²) >= 11 is 0. The van der Waals surface area contributed by atoms with Gasteiger partial charge >= 0.3 is 0 Å². The Morgan fingerprint density at radius 3 is 2.67 bits per heavy atom. The van der Waals surface area contributed by atoms with Gasteiger partial charge in [0, 0.05) is 48.3 Å². The molecule has 7 heteroatoms. The molecular formula is C20H19FN4O2. The van der Waals surface area contributed by atoms with Crippen molar-refractivity contribution >= 4 is 16.6 Å². The number of morpholine rings is 1. The number of halogens is 1. The number of carbonyl (C=O) groups excluding carboxylic acids is 1. The van der Waals surface area contributed by atoms with Gasteiger partial charge < -0.3 is 4.74 Å². The van der Waals surface area contributed by atoms with Crippen LogP contribution >= 0.6 is 0 Å². The number of rotatable bonds is 5. The lowest BCUT2D eigenvalue weighted by atomic mass is 10.1. The maximum Gasteiger partial charge on any atom is 0.152 e. The highest BCUT2D eigenvalue weighted by atomic mass is 19.1. The summed E-state index contributed by atoms with van der Waals surface area (Å²) in [5, 5.41) is 1.78. The number of ketones is 1. The van der Waals surface area contributed by atoms with Crippen molar-refractivity contribution in [2.45, 2.75) is 6.42 Å². The third-order valence-corrected chi connectivity index (χ3v) is 4.54. The summed E-state index contributed by atoms with van der Waals surface area (Å²) in [6.45, 7) is 3.33. The number of Topliss-reactive ketones (excluding diaryl/α,β-unsaturated/α-hetero) is 1. The predicted molar refractivity (Wildman–Crippen MR) is 98.7 cm³/mol. The first-order valence-electron chi connectivity index (χ1n) is 8.85. The molecule has 0 amide bonds. The van der Waals surface area contributed by atoms with E-state index < -0.39 is 5.82 Å². The van der Waals surface area contributed by atoms with Gasteiger partial charge in [-0.25, -0.2) is 4.39 Å². The Morgan fingerprint density at radius 1 is 1.04 bits per heavy atom. The molecule has 0 saturated carbocycles. The zero-order chi connectivity index (χ0) is 18.6. The lowest BCUT2D eigenvalue weighted by Gasteiger charge is -2.25. The Bertz CT molecular complexity index is 973. The van der Waals surface area contributed by atoms with E-state index in [2.05, 4.69) is 19.9 Å². The predicted octanol–water partition coefficient (Wildman–Crippen LogP) is 2.27. The van der Waals surface area contributed by atoms with E-state index in [1.807, 2.05) is 12.1 Å². The van der Waals surface area contributed by atoms with Gasteiger partial charge in [0.05, 0.1) is 38.1 Å². The van der Waals surface area contributed by atoms with Gasteiger partial charge in [0.25, 0.3) is 0 Å². The molecule has 0 aliphatic carbocycles. The number of ether oxygens (including phenoxy) is 1. The van der Waals surface area contributed by atoms with Gasteiger partial charge in [0.2, 0.25) is 0 Å². The van der Waals surface area contributed by atoms with Crippen LogP contribution in [0.2, 0.25) is 0 Å². The monoisotopic (exact) mass is 366 g/mol. The Balaban J connectivity index is 1.53. The molecule has 1 fully saturated rings. The first-order chi connectivity index (χ1) is 13.2. The van der Waals surface area contributed by atoms with E-state index in [9.17, 15) is 9.18 Å². The van der Waals surface area contributed by atoms with Gasteiger partial charge in [-0.05, 0) is 23.6 Å². The van der Waals surface area contributed by atoms with Gasteiger partial charge in [-0.15, -0.1) is 0 Å². The van der Waals surface area contributed by atoms with Gasteiger partial charge in [-0.3, -0.25) is 24.6 Å². The highest BCUT2D eigenvalue weighted by molar-refractivity contribution is 5.87. The SMILES string of the molecule is O=C(Cc1cc2cc(-c3cncc(F)c3)ncc2cn1)CN1CCOCC1. The molecule has 1 aliphatic rings. The second-order valence-corrected chi connectivity index (χ2v) is 6.59. The molecule has 0 radical (unpaired) electrons. The number of carbonyl (C=O) groups is 1. The molecule has 138 valence electrons. The lowest BCUT2D eigenvalue weighted by Crippen LogP contribution is -2.39. The minimum absolute atomic E-state index is 0.132. The fraction of sp³-hybridized carbons (Fsp3) is 0.300. The average Bonchev–Trinajstić information content (AvgIpc) is 2.68. The number of hydrogen-bond donors (Lipinski definition) is 0. The van der Waals surface area contributed by atoms with Gasteiger partial charge in [0.15, 0.2) is 5.78 Å². The molecule has 0 atom stereocenters. The van der Waals surface area contributed by atoms with Gasteiger partial charge in [-0.1, -0.05) is 0 Å². The molecule has 4 rings (SSSR count). The van der Waals surface area contributed by atoms with Crippen molar-refractivity contribution in [3.63, 3.8) is 0 Å². The second kappa shape index (κ2) is 7.85. The largest absolute Gasteiger partial charge is 0.379 e. The Kier molecular flexibility index (Phi) is 5.13. The third-order valence-electron chi connectivity index (χ3n) is 4.54. The van der Waals surface area contributed by atoms with Crippen LogP contribution in [0.15, 0.2) is 43.0 Å². The van der Waals surface area contributed by atoms with Crippen molar-refractivity contribution in [1.29, 1.82) is 0 Å². The molecule has 0 aromatic carbocycles. The number of hydrogen-bond acceptors (Lipinski definition) is 6. The van der Waals surface area contributed by atoms with Crippen LogP contribution in [0.1, 0.15) is 5.69 Å². The maximum absolute atomic E-state index is 13.4. The van der Waals surface area contributed by atoms with E-state index in [0.29, 0.717) is 31.0 Å². The van der Waals surface area contributed by atoms with Crippen LogP contribution in [-0.2, 0) is 16.0 Å². The van der Waals surface area contributed by atoms with Crippen molar-refractivity contribution in [3.05, 3.63) is 54.5 Å². The molecule has 1 aliphatic heterocycles. The number of nitrogens with zero attached hydrogens (tertiary/aromatic N) is 4. The summed E-state index contributed by atoms with van der Waals surface area (Å²) in [4.78, 5) is 27.1. The molecule has 27 heavy (non-hydrogen) atoms. The summed E-state index contributed by atoms with van der Waals surface area (Å²) < 4.78 is 18.7. The summed E-state index contributed by atoms with van der Waals surface area (Å²) in [5.41, 5.74) is 1.96. The van der Waals surface area contributed by atoms with Crippen molar-refractivity contribution in [1.82, 2.24) is 19.9 Å². The number of aromatic nitrogens is 3. The van der Waals surface area contributed by atoms with E-state index in [1.54, 1.807) is 18.6 Å². The molecule has 3 aromatic rings. The fourth-order valence-corrected chi connectivity index (χ4v) is 3.16. The number of fused-ring (bicyclic) bond motifs is 1. The summed E-state index contributed by atoms with van der Waals surface area (Å²) in [5.74, 6) is -0.272. The van der Waals surface area contributed by atoms with Crippen LogP contribution in [0.25, 0.3) is 22.0 Å². The Hall–Kier alpha value is -2.77. The van der Waals surface area contributed by atoms with Crippen molar-refractivity contribution in [3.8, 4) is 11.3 Å². The minimum Gasteiger partial charge on any atom is -0.379 e. The topological polar surface area (TPSA) is 68.2 Å². The van der Waals surface area contributed by atoms with Crippen LogP contribution < -0.4 is 0 Å². The molecule has 0 spiro atoms. The van der Waals surface area contributed by atoms with Crippen molar-refractivity contribution < 1.29 is 13.9 Å². The first kappa shape index (κ1) is 17.6. The molecule has 6 nitrogen and oxygen atoms in total. The maximum atomic E-state index is 13.4. The van der Waals surface area contributed by atoms with Crippen LogP contribution in [0.3, 0.4) is 0 Å². The van der Waals surface area contributed by atoms with E-state index >= 15 is 0 Å². The molecule has 0 unspecified atom stereocenters. The van der Waals surface area contributed by atoms with Gasteiger partial charge in [0.1, 0.15) is 5.82 Å². The van der Waals surface area contributed by atoms with Crippen molar-refractivity contribution in [2.24, 2.45) is 0 Å². The van der Waals surface area contributed by atoms with Crippen LogP contribution in [-0.4, -0.2) is 58.5 Å². The molecular weight excluding hydrogens is 347 g/mol. The summed E-state index contributed by atoms with van der Waals surface area (Å²) in [7, 11) is 0. The minimum atomic E-state index is -0.404. The third kappa shape index (κ3) is 4.32. The van der Waals surface area contributed by atoms with E-state index in [4.69, 9.17) is 4.74 Å². The average molecular weight is 366 g/mol. The first-order valence-corrected chi connectivity index (χ1v) is 8.85. The molecule has 1 saturated heterocycles. The summed E-state index contributed by atoms with van der Waals surface area (Å²) in [6, 6.07) is 5.16. The van der Waals surface area contributed by atoms with E-state index in [0.717, 1.165) is 35.8 Å². The highest BCUT2D eigenvalue weighted by Crippen LogP contribution is 2.22.